The second-order valence-corrected chi connectivity index (χ2v) is 7.17. The lowest BCUT2D eigenvalue weighted by Crippen LogP contribution is -2.39. The number of anilines is 1. The number of nitrogens with zero attached hydrogens (tertiary/aromatic N) is 5. The van der Waals surface area contributed by atoms with E-state index in [-0.39, 0.29) is 6.04 Å². The molecular formula is C22H24N6. The van der Waals surface area contributed by atoms with Gasteiger partial charge in [-0.2, -0.15) is 5.26 Å². The Morgan fingerprint density at radius 2 is 1.89 bits per heavy atom. The molecule has 142 valence electrons. The molecular weight excluding hydrogens is 348 g/mol. The Morgan fingerprint density at radius 1 is 1.14 bits per heavy atom. The molecule has 4 rings (SSSR count). The summed E-state index contributed by atoms with van der Waals surface area (Å²) in [6.45, 7) is 3.93. The molecule has 0 amide bonds. The minimum absolute atomic E-state index is 0.280. The van der Waals surface area contributed by atoms with Gasteiger partial charge in [-0.05, 0) is 55.7 Å². The van der Waals surface area contributed by atoms with Gasteiger partial charge in [0.25, 0.3) is 0 Å². The highest BCUT2D eigenvalue weighted by Crippen LogP contribution is 2.29. The van der Waals surface area contributed by atoms with Crippen LogP contribution >= 0.6 is 0 Å². The molecule has 3 aromatic rings. The van der Waals surface area contributed by atoms with Gasteiger partial charge in [-0.15, -0.1) is 5.10 Å². The molecule has 28 heavy (non-hydrogen) atoms. The average Bonchev–Trinajstić information content (AvgIpc) is 3.20. The van der Waals surface area contributed by atoms with Crippen molar-refractivity contribution >= 4 is 5.82 Å². The Bertz CT molecular complexity index is 973. The summed E-state index contributed by atoms with van der Waals surface area (Å²) in [5.74, 6) is 0.950. The van der Waals surface area contributed by atoms with Crippen LogP contribution in [0.2, 0.25) is 0 Å². The standard InChI is InChI=1S/C22H24N6/c1-2-19-6-5-17(15-25-19)21-13-22(27-11-9-18(24)10-12-27)26-28(21)20-7-3-16(14-23)4-8-20/h3-8,13,15,18H,2,9-12,24H2,1H3. The van der Waals surface area contributed by atoms with Gasteiger partial charge in [0.15, 0.2) is 5.82 Å². The molecule has 0 unspecified atom stereocenters. The van der Waals surface area contributed by atoms with Crippen molar-refractivity contribution in [3.8, 4) is 23.0 Å². The van der Waals surface area contributed by atoms with E-state index in [9.17, 15) is 0 Å². The van der Waals surface area contributed by atoms with Crippen molar-refractivity contribution in [3.63, 3.8) is 0 Å². The zero-order valence-electron chi connectivity index (χ0n) is 16.0. The quantitative estimate of drug-likeness (QED) is 0.760. The van der Waals surface area contributed by atoms with Crippen LogP contribution in [-0.2, 0) is 6.42 Å². The summed E-state index contributed by atoms with van der Waals surface area (Å²) in [6.07, 6.45) is 4.78. The van der Waals surface area contributed by atoms with E-state index in [1.807, 2.05) is 35.1 Å². The fraction of sp³-hybridized carbons (Fsp3) is 0.318. The van der Waals surface area contributed by atoms with E-state index in [2.05, 4.69) is 41.1 Å². The summed E-state index contributed by atoms with van der Waals surface area (Å²) in [4.78, 5) is 6.85. The van der Waals surface area contributed by atoms with E-state index >= 15 is 0 Å². The van der Waals surface area contributed by atoms with Crippen LogP contribution in [-0.4, -0.2) is 33.9 Å². The van der Waals surface area contributed by atoms with E-state index in [0.29, 0.717) is 5.56 Å². The van der Waals surface area contributed by atoms with Gasteiger partial charge in [0.05, 0.1) is 23.0 Å². The van der Waals surface area contributed by atoms with Crippen molar-refractivity contribution in [2.45, 2.75) is 32.2 Å². The third kappa shape index (κ3) is 3.62. The first-order chi connectivity index (χ1) is 13.7. The number of pyridine rings is 1. The summed E-state index contributed by atoms with van der Waals surface area (Å²) in [5, 5.41) is 14.0. The van der Waals surface area contributed by atoms with Crippen molar-refractivity contribution in [3.05, 3.63) is 59.9 Å². The highest BCUT2D eigenvalue weighted by Gasteiger charge is 2.21. The van der Waals surface area contributed by atoms with Crippen LogP contribution in [0.3, 0.4) is 0 Å². The van der Waals surface area contributed by atoms with Crippen molar-refractivity contribution in [2.75, 3.05) is 18.0 Å². The van der Waals surface area contributed by atoms with E-state index < -0.39 is 0 Å². The molecule has 6 heteroatoms. The Kier molecular flexibility index (Phi) is 5.09. The van der Waals surface area contributed by atoms with Gasteiger partial charge >= 0.3 is 0 Å². The first-order valence-electron chi connectivity index (χ1n) is 9.74. The fourth-order valence-electron chi connectivity index (χ4n) is 3.52. The zero-order chi connectivity index (χ0) is 19.5. The van der Waals surface area contributed by atoms with Crippen LogP contribution in [0.5, 0.6) is 0 Å². The first kappa shape index (κ1) is 18.2. The minimum Gasteiger partial charge on any atom is -0.355 e. The molecule has 6 nitrogen and oxygen atoms in total. The Hall–Kier alpha value is -3.17. The first-order valence-corrected chi connectivity index (χ1v) is 9.74. The largest absolute Gasteiger partial charge is 0.355 e. The monoisotopic (exact) mass is 372 g/mol. The lowest BCUT2D eigenvalue weighted by atomic mass is 10.1. The van der Waals surface area contributed by atoms with Crippen molar-refractivity contribution in [1.82, 2.24) is 14.8 Å². The molecule has 0 saturated carbocycles. The summed E-state index contributed by atoms with van der Waals surface area (Å²) in [7, 11) is 0. The highest BCUT2D eigenvalue weighted by atomic mass is 15.4. The average molecular weight is 372 g/mol. The topological polar surface area (TPSA) is 83.8 Å². The summed E-state index contributed by atoms with van der Waals surface area (Å²) < 4.78 is 1.94. The minimum atomic E-state index is 0.280. The number of benzene rings is 1. The number of aromatic nitrogens is 3. The van der Waals surface area contributed by atoms with Gasteiger partial charge in [-0.3, -0.25) is 4.98 Å². The molecule has 0 spiro atoms. The normalized spacial score (nSPS) is 14.8. The molecule has 1 fully saturated rings. The highest BCUT2D eigenvalue weighted by molar-refractivity contribution is 5.66. The summed E-state index contributed by atoms with van der Waals surface area (Å²) >= 11 is 0. The molecule has 3 heterocycles. The van der Waals surface area contributed by atoms with Crippen LogP contribution < -0.4 is 10.6 Å². The molecule has 1 aliphatic heterocycles. The van der Waals surface area contributed by atoms with Crippen molar-refractivity contribution in [2.24, 2.45) is 5.73 Å². The number of piperidine rings is 1. The maximum absolute atomic E-state index is 9.08. The Labute approximate surface area is 165 Å². The Morgan fingerprint density at radius 3 is 2.50 bits per heavy atom. The number of aryl methyl sites for hydroxylation is 1. The zero-order valence-corrected chi connectivity index (χ0v) is 16.0. The summed E-state index contributed by atoms with van der Waals surface area (Å²) in [5.41, 5.74) is 10.7. The van der Waals surface area contributed by atoms with E-state index in [4.69, 9.17) is 16.1 Å². The SMILES string of the molecule is CCc1ccc(-c2cc(N3CCC(N)CC3)nn2-c2ccc(C#N)cc2)cn1. The van der Waals surface area contributed by atoms with Gasteiger partial charge < -0.3 is 10.6 Å². The smallest absolute Gasteiger partial charge is 0.151 e. The van der Waals surface area contributed by atoms with Crippen molar-refractivity contribution in [1.29, 1.82) is 5.26 Å². The maximum atomic E-state index is 9.08. The molecule has 1 aromatic carbocycles. The molecule has 2 aromatic heterocycles. The van der Waals surface area contributed by atoms with E-state index in [1.165, 1.54) is 0 Å². The molecule has 0 radical (unpaired) electrons. The number of rotatable bonds is 4. The molecule has 1 saturated heterocycles. The van der Waals surface area contributed by atoms with Gasteiger partial charge in [-0.1, -0.05) is 6.92 Å². The third-order valence-electron chi connectivity index (χ3n) is 5.28. The van der Waals surface area contributed by atoms with Gasteiger partial charge in [0.2, 0.25) is 0 Å². The van der Waals surface area contributed by atoms with Gasteiger partial charge in [0, 0.05) is 42.7 Å². The van der Waals surface area contributed by atoms with Crippen LogP contribution in [0.25, 0.3) is 16.9 Å². The van der Waals surface area contributed by atoms with Crippen LogP contribution in [0.15, 0.2) is 48.7 Å². The van der Waals surface area contributed by atoms with E-state index in [1.54, 1.807) is 0 Å². The van der Waals surface area contributed by atoms with Crippen LogP contribution in [0.4, 0.5) is 5.82 Å². The molecule has 0 atom stereocenters. The second-order valence-electron chi connectivity index (χ2n) is 7.17. The Balaban J connectivity index is 1.76. The number of nitrogens with two attached hydrogens (primary N) is 1. The maximum Gasteiger partial charge on any atom is 0.151 e. The second kappa shape index (κ2) is 7.83. The lowest BCUT2D eigenvalue weighted by Gasteiger charge is -2.30. The molecule has 0 aliphatic carbocycles. The number of nitriles is 1. The van der Waals surface area contributed by atoms with E-state index in [0.717, 1.165) is 60.8 Å². The summed E-state index contributed by atoms with van der Waals surface area (Å²) in [6, 6.07) is 16.2. The number of hydrogen-bond donors (Lipinski definition) is 1. The fourth-order valence-corrected chi connectivity index (χ4v) is 3.52. The predicted octanol–water partition coefficient (Wildman–Crippen LogP) is 3.30. The van der Waals surface area contributed by atoms with Gasteiger partial charge in [-0.25, -0.2) is 4.68 Å². The molecule has 2 N–H and O–H groups in total. The van der Waals surface area contributed by atoms with Crippen molar-refractivity contribution < 1.29 is 0 Å². The molecule has 1 aliphatic rings. The molecule has 0 bridgehead atoms. The van der Waals surface area contributed by atoms with Crippen LogP contribution in [0.1, 0.15) is 31.0 Å². The van der Waals surface area contributed by atoms with Gasteiger partial charge in [0.1, 0.15) is 0 Å². The number of hydrogen-bond acceptors (Lipinski definition) is 5. The lowest BCUT2D eigenvalue weighted by molar-refractivity contribution is 0.498. The predicted molar refractivity (Wildman–Crippen MR) is 110 cm³/mol. The van der Waals surface area contributed by atoms with Crippen LogP contribution in [0, 0.1) is 11.3 Å². The third-order valence-corrected chi connectivity index (χ3v) is 5.28.